The van der Waals surface area contributed by atoms with E-state index in [-0.39, 0.29) is 18.0 Å². The first-order valence-corrected chi connectivity index (χ1v) is 3.91. The van der Waals surface area contributed by atoms with Crippen molar-refractivity contribution in [2.45, 2.75) is 13.3 Å². The van der Waals surface area contributed by atoms with Crippen LogP contribution in [0.25, 0.3) is 0 Å². The minimum atomic E-state index is -0.236. The summed E-state index contributed by atoms with van der Waals surface area (Å²) in [5.41, 5.74) is 0.373. The Bertz CT molecular complexity index is 325. The van der Waals surface area contributed by atoms with Crippen molar-refractivity contribution in [3.8, 4) is 0 Å². The predicted molar refractivity (Wildman–Crippen MR) is 47.4 cm³/mol. The van der Waals surface area contributed by atoms with E-state index in [0.29, 0.717) is 5.69 Å². The van der Waals surface area contributed by atoms with E-state index < -0.39 is 0 Å². The molecule has 1 N–H and O–H groups in total. The molecule has 0 bridgehead atoms. The highest BCUT2D eigenvalue weighted by atomic mass is 16.1. The molecule has 1 aromatic heterocycles. The number of H-pyrrole nitrogens is 1. The summed E-state index contributed by atoms with van der Waals surface area (Å²) < 4.78 is 0. The van der Waals surface area contributed by atoms with Crippen molar-refractivity contribution in [2.24, 2.45) is 0 Å². The molecule has 0 atom stereocenters. The van der Waals surface area contributed by atoms with Gasteiger partial charge in [-0.25, -0.2) is 4.98 Å². The van der Waals surface area contributed by atoms with Crippen molar-refractivity contribution in [3.05, 3.63) is 30.4 Å². The second-order valence-corrected chi connectivity index (χ2v) is 2.53. The van der Waals surface area contributed by atoms with Gasteiger partial charge in [-0.2, -0.15) is 0 Å². The SMILES string of the molecule is CC=CC(=O)CC(=O)c1cnc[nH]1. The van der Waals surface area contributed by atoms with Gasteiger partial charge in [0.25, 0.3) is 0 Å². The molecule has 0 aliphatic carbocycles. The summed E-state index contributed by atoms with van der Waals surface area (Å²) in [6.45, 7) is 1.73. The first-order valence-electron chi connectivity index (χ1n) is 3.91. The summed E-state index contributed by atoms with van der Waals surface area (Å²) in [4.78, 5) is 28.6. The first-order chi connectivity index (χ1) is 6.24. The van der Waals surface area contributed by atoms with Crippen LogP contribution in [-0.4, -0.2) is 21.5 Å². The third-order valence-electron chi connectivity index (χ3n) is 1.49. The predicted octanol–water partition coefficient (Wildman–Crippen LogP) is 1.13. The number of aromatic nitrogens is 2. The topological polar surface area (TPSA) is 62.8 Å². The van der Waals surface area contributed by atoms with Gasteiger partial charge in [-0.05, 0) is 13.0 Å². The quantitative estimate of drug-likeness (QED) is 0.427. The summed E-state index contributed by atoms with van der Waals surface area (Å²) in [7, 11) is 0. The van der Waals surface area contributed by atoms with Gasteiger partial charge in [-0.3, -0.25) is 9.59 Å². The normalized spacial score (nSPS) is 10.5. The standard InChI is InChI=1S/C9H10N2O2/c1-2-3-7(12)4-9(13)8-5-10-6-11-8/h2-3,5-6H,4H2,1H3,(H,10,11). The summed E-state index contributed by atoms with van der Waals surface area (Å²) in [6, 6.07) is 0. The number of imidazole rings is 1. The Morgan fingerprint density at radius 3 is 2.92 bits per heavy atom. The fraction of sp³-hybridized carbons (Fsp3) is 0.222. The number of hydrogen-bond donors (Lipinski definition) is 1. The number of carbonyl (C=O) groups excluding carboxylic acids is 2. The summed E-state index contributed by atoms with van der Waals surface area (Å²) >= 11 is 0. The van der Waals surface area contributed by atoms with Crippen LogP contribution < -0.4 is 0 Å². The fourth-order valence-corrected chi connectivity index (χ4v) is 0.907. The monoisotopic (exact) mass is 178 g/mol. The Morgan fingerprint density at radius 1 is 1.62 bits per heavy atom. The zero-order valence-corrected chi connectivity index (χ0v) is 7.28. The van der Waals surface area contributed by atoms with Crippen molar-refractivity contribution in [1.29, 1.82) is 0 Å². The van der Waals surface area contributed by atoms with Crippen molar-refractivity contribution in [1.82, 2.24) is 9.97 Å². The molecule has 0 amide bonds. The molecule has 0 aliphatic rings. The molecule has 4 nitrogen and oxygen atoms in total. The molecule has 13 heavy (non-hydrogen) atoms. The van der Waals surface area contributed by atoms with Crippen molar-refractivity contribution in [2.75, 3.05) is 0 Å². The molecule has 0 radical (unpaired) electrons. The van der Waals surface area contributed by atoms with E-state index >= 15 is 0 Å². The molecule has 0 saturated carbocycles. The maximum atomic E-state index is 11.3. The van der Waals surface area contributed by atoms with Gasteiger partial charge < -0.3 is 4.98 Å². The van der Waals surface area contributed by atoms with E-state index in [0.717, 1.165) is 0 Å². The number of nitrogens with zero attached hydrogens (tertiary/aromatic N) is 1. The Kier molecular flexibility index (Phi) is 3.14. The molecule has 0 aliphatic heterocycles. The molecule has 0 fully saturated rings. The number of ketones is 2. The highest BCUT2D eigenvalue weighted by molar-refractivity contribution is 6.10. The zero-order valence-electron chi connectivity index (χ0n) is 7.28. The molecule has 68 valence electrons. The van der Waals surface area contributed by atoms with E-state index in [4.69, 9.17) is 0 Å². The molecule has 0 spiro atoms. The fourth-order valence-electron chi connectivity index (χ4n) is 0.907. The summed E-state index contributed by atoms with van der Waals surface area (Å²) in [6.07, 6.45) is 5.71. The maximum Gasteiger partial charge on any atom is 0.188 e. The Balaban J connectivity index is 2.57. The summed E-state index contributed by atoms with van der Waals surface area (Å²) in [5.74, 6) is -0.428. The van der Waals surface area contributed by atoms with Crippen LogP contribution in [0.3, 0.4) is 0 Å². The minimum Gasteiger partial charge on any atom is -0.342 e. The highest BCUT2D eigenvalue weighted by Gasteiger charge is 2.09. The number of Topliss-reactive ketones (excluding diaryl/α,β-unsaturated/α-hetero) is 1. The highest BCUT2D eigenvalue weighted by Crippen LogP contribution is 1.98. The van der Waals surface area contributed by atoms with Gasteiger partial charge in [-0.15, -0.1) is 0 Å². The van der Waals surface area contributed by atoms with Crippen LogP contribution >= 0.6 is 0 Å². The number of hydrogen-bond acceptors (Lipinski definition) is 3. The third-order valence-corrected chi connectivity index (χ3v) is 1.49. The smallest absolute Gasteiger partial charge is 0.188 e. The first kappa shape index (κ1) is 9.38. The lowest BCUT2D eigenvalue weighted by Gasteiger charge is -1.92. The lowest BCUT2D eigenvalue weighted by molar-refractivity contribution is -0.113. The second-order valence-electron chi connectivity index (χ2n) is 2.53. The Morgan fingerprint density at radius 2 is 2.38 bits per heavy atom. The molecule has 1 rings (SSSR count). The van der Waals surface area contributed by atoms with Gasteiger partial charge in [0.1, 0.15) is 5.69 Å². The van der Waals surface area contributed by atoms with E-state index in [1.54, 1.807) is 13.0 Å². The van der Waals surface area contributed by atoms with Gasteiger partial charge in [0.2, 0.25) is 0 Å². The van der Waals surface area contributed by atoms with E-state index in [1.165, 1.54) is 18.6 Å². The van der Waals surface area contributed by atoms with Crippen LogP contribution in [-0.2, 0) is 4.79 Å². The van der Waals surface area contributed by atoms with Crippen LogP contribution in [0.15, 0.2) is 24.7 Å². The van der Waals surface area contributed by atoms with Gasteiger partial charge in [0.05, 0.1) is 18.9 Å². The van der Waals surface area contributed by atoms with Crippen LogP contribution in [0.4, 0.5) is 0 Å². The number of rotatable bonds is 4. The number of aromatic amines is 1. The average Bonchev–Trinajstić information content (AvgIpc) is 2.55. The molecule has 1 heterocycles. The second kappa shape index (κ2) is 4.35. The molecule has 4 heteroatoms. The summed E-state index contributed by atoms with van der Waals surface area (Å²) in [5, 5.41) is 0. The minimum absolute atomic E-state index is 0.105. The van der Waals surface area contributed by atoms with Crippen molar-refractivity contribution >= 4 is 11.6 Å². The van der Waals surface area contributed by atoms with E-state index in [2.05, 4.69) is 9.97 Å². The van der Waals surface area contributed by atoms with Gasteiger partial charge in [-0.1, -0.05) is 6.08 Å². The van der Waals surface area contributed by atoms with Crippen LogP contribution in [0, 0.1) is 0 Å². The van der Waals surface area contributed by atoms with Crippen LogP contribution in [0.2, 0.25) is 0 Å². The van der Waals surface area contributed by atoms with Gasteiger partial charge in [0, 0.05) is 0 Å². The largest absolute Gasteiger partial charge is 0.342 e. The third kappa shape index (κ3) is 2.66. The van der Waals surface area contributed by atoms with Crippen LogP contribution in [0.1, 0.15) is 23.8 Å². The Labute approximate surface area is 75.7 Å². The molecule has 0 unspecified atom stereocenters. The lowest BCUT2D eigenvalue weighted by Crippen LogP contribution is -2.05. The van der Waals surface area contributed by atoms with Gasteiger partial charge >= 0.3 is 0 Å². The number of allylic oxidation sites excluding steroid dienone is 2. The van der Waals surface area contributed by atoms with Crippen molar-refractivity contribution in [3.63, 3.8) is 0 Å². The average molecular weight is 178 g/mol. The molecule has 0 saturated heterocycles. The number of carbonyl (C=O) groups is 2. The lowest BCUT2D eigenvalue weighted by atomic mass is 10.1. The number of nitrogens with one attached hydrogen (secondary N) is 1. The molecule has 1 aromatic rings. The molecule has 0 aromatic carbocycles. The zero-order chi connectivity index (χ0) is 9.68. The molecular formula is C9H10N2O2. The Hall–Kier alpha value is -1.71. The van der Waals surface area contributed by atoms with Crippen LogP contribution in [0.5, 0.6) is 0 Å². The van der Waals surface area contributed by atoms with Gasteiger partial charge in [0.15, 0.2) is 11.6 Å². The van der Waals surface area contributed by atoms with Crippen molar-refractivity contribution < 1.29 is 9.59 Å². The maximum absolute atomic E-state index is 11.3. The van der Waals surface area contributed by atoms with E-state index in [9.17, 15) is 9.59 Å². The molecular weight excluding hydrogens is 168 g/mol. The van der Waals surface area contributed by atoms with E-state index in [1.807, 2.05) is 0 Å².